The highest BCUT2D eigenvalue weighted by Crippen LogP contribution is 2.13. The number of rotatable bonds is 1. The molecule has 0 unspecified atom stereocenters. The third-order valence-corrected chi connectivity index (χ3v) is 4.55. The minimum atomic E-state index is -1.31. The Balaban J connectivity index is 2.73. The van der Waals surface area contributed by atoms with E-state index in [1.807, 2.05) is 0 Å². The third kappa shape index (κ3) is 1.95. The lowest BCUT2D eigenvalue weighted by molar-refractivity contribution is 1.37. The summed E-state index contributed by atoms with van der Waals surface area (Å²) in [4.78, 5) is 4.81. The first-order valence-electron chi connectivity index (χ1n) is 5.35. The van der Waals surface area contributed by atoms with Crippen molar-refractivity contribution in [2.45, 2.75) is 26.6 Å². The fourth-order valence-corrected chi connectivity index (χ4v) is 3.69. The van der Waals surface area contributed by atoms with Crippen molar-refractivity contribution >= 4 is 24.3 Å². The summed E-state index contributed by atoms with van der Waals surface area (Å²) in [6.07, 6.45) is 0. The number of nitrogens with zero attached hydrogens (tertiary/aromatic N) is 1. The van der Waals surface area contributed by atoms with Crippen molar-refractivity contribution in [3.05, 3.63) is 35.9 Å². The van der Waals surface area contributed by atoms with Crippen LogP contribution in [0.1, 0.15) is 5.56 Å². The van der Waals surface area contributed by atoms with Crippen LogP contribution in [0.3, 0.4) is 0 Å². The Kier molecular flexibility index (Phi) is 2.39. The van der Waals surface area contributed by atoms with E-state index < -0.39 is 8.07 Å². The van der Waals surface area contributed by atoms with Gasteiger partial charge >= 0.3 is 0 Å². The summed E-state index contributed by atoms with van der Waals surface area (Å²) in [6.45, 7) is 9.21. The highest BCUT2D eigenvalue weighted by Gasteiger charge is 2.20. The molecule has 2 rings (SSSR count). The number of benzene rings is 1. The van der Waals surface area contributed by atoms with Crippen LogP contribution < -0.4 is 5.32 Å². The summed E-state index contributed by atoms with van der Waals surface area (Å²) in [6, 6.07) is 10.6. The molecule has 2 heteroatoms. The Morgan fingerprint density at radius 3 is 2.40 bits per heavy atom. The molecule has 1 nitrogen and oxygen atoms in total. The second-order valence-corrected chi connectivity index (χ2v) is 10.1. The minimum Gasteiger partial charge on any atom is -0.257 e. The van der Waals surface area contributed by atoms with Crippen LogP contribution in [-0.4, -0.2) is 13.1 Å². The second-order valence-electron chi connectivity index (χ2n) is 5.10. The molecule has 0 saturated heterocycles. The van der Waals surface area contributed by atoms with E-state index in [0.29, 0.717) is 0 Å². The molecule has 0 bridgehead atoms. The van der Waals surface area contributed by atoms with E-state index in [1.165, 1.54) is 16.3 Å². The van der Waals surface area contributed by atoms with Gasteiger partial charge in [-0.25, -0.2) is 0 Å². The molecule has 1 aromatic heterocycles. The molecule has 0 saturated carbocycles. The predicted molar refractivity (Wildman–Crippen MR) is 69.5 cm³/mol. The number of para-hydroxylation sites is 1. The van der Waals surface area contributed by atoms with E-state index in [-0.39, 0.29) is 0 Å². The third-order valence-electron chi connectivity index (χ3n) is 2.62. The Bertz CT molecular complexity index is 497. The molecule has 0 atom stereocenters. The fraction of sp³-hybridized carbons (Fsp3) is 0.308. The zero-order valence-electron chi connectivity index (χ0n) is 9.83. The topological polar surface area (TPSA) is 12.9 Å². The summed E-state index contributed by atoms with van der Waals surface area (Å²) >= 11 is 0. The van der Waals surface area contributed by atoms with E-state index in [1.54, 1.807) is 0 Å². The number of aromatic nitrogens is 1. The normalized spacial score (nSPS) is 12.0. The molecule has 0 N–H and O–H groups in total. The van der Waals surface area contributed by atoms with Gasteiger partial charge in [0.05, 0.1) is 5.52 Å². The molecule has 0 spiro atoms. The minimum absolute atomic E-state index is 1.13. The molecule has 2 aromatic rings. The monoisotopic (exact) mass is 215 g/mol. The van der Waals surface area contributed by atoms with E-state index in [2.05, 4.69) is 56.9 Å². The van der Waals surface area contributed by atoms with Crippen molar-refractivity contribution in [1.29, 1.82) is 0 Å². The van der Waals surface area contributed by atoms with Gasteiger partial charge in [-0.1, -0.05) is 37.8 Å². The van der Waals surface area contributed by atoms with Crippen LogP contribution >= 0.6 is 0 Å². The smallest absolute Gasteiger partial charge is 0.102 e. The van der Waals surface area contributed by atoms with Gasteiger partial charge in [0.2, 0.25) is 0 Å². The summed E-state index contributed by atoms with van der Waals surface area (Å²) in [5, 5.41) is 2.58. The maximum Gasteiger partial charge on any atom is 0.102 e. The van der Waals surface area contributed by atoms with Crippen LogP contribution in [-0.2, 0) is 0 Å². The standard InChI is InChI=1S/C13H17NSi/c1-10-9-11-7-5-6-8-12(11)14-13(10)15(2,3)4/h5-9H,1-4H3. The summed E-state index contributed by atoms with van der Waals surface area (Å²) in [5.74, 6) is 0. The maximum atomic E-state index is 4.81. The highest BCUT2D eigenvalue weighted by molar-refractivity contribution is 6.88. The molecule has 0 amide bonds. The summed E-state index contributed by atoms with van der Waals surface area (Å²) in [7, 11) is -1.31. The predicted octanol–water partition coefficient (Wildman–Crippen LogP) is 3.09. The fourth-order valence-electron chi connectivity index (χ4n) is 1.98. The van der Waals surface area contributed by atoms with Gasteiger partial charge < -0.3 is 0 Å². The second kappa shape index (κ2) is 3.45. The van der Waals surface area contributed by atoms with Crippen LogP contribution in [0.25, 0.3) is 10.9 Å². The van der Waals surface area contributed by atoms with E-state index in [0.717, 1.165) is 5.52 Å². The van der Waals surface area contributed by atoms with Crippen molar-refractivity contribution in [2.75, 3.05) is 0 Å². The first-order valence-corrected chi connectivity index (χ1v) is 8.85. The molecular formula is C13H17NSi. The molecule has 0 radical (unpaired) electrons. The van der Waals surface area contributed by atoms with Crippen molar-refractivity contribution < 1.29 is 0 Å². The van der Waals surface area contributed by atoms with Gasteiger partial charge in [0, 0.05) is 10.7 Å². The van der Waals surface area contributed by atoms with E-state index in [4.69, 9.17) is 4.98 Å². The highest BCUT2D eigenvalue weighted by atomic mass is 28.3. The SMILES string of the molecule is Cc1cc2ccccc2nc1[Si](C)(C)C. The number of pyridine rings is 1. The first kappa shape index (κ1) is 10.4. The Hall–Kier alpha value is -1.15. The van der Waals surface area contributed by atoms with Gasteiger partial charge in [-0.15, -0.1) is 0 Å². The zero-order chi connectivity index (χ0) is 11.1. The Morgan fingerprint density at radius 2 is 1.73 bits per heavy atom. The lowest BCUT2D eigenvalue weighted by Gasteiger charge is -2.18. The zero-order valence-corrected chi connectivity index (χ0v) is 10.8. The number of fused-ring (bicyclic) bond motifs is 1. The van der Waals surface area contributed by atoms with Crippen LogP contribution in [0.4, 0.5) is 0 Å². The quantitative estimate of drug-likeness (QED) is 0.666. The van der Waals surface area contributed by atoms with E-state index in [9.17, 15) is 0 Å². The molecular weight excluding hydrogens is 198 g/mol. The summed E-state index contributed by atoms with van der Waals surface area (Å²) < 4.78 is 0. The van der Waals surface area contributed by atoms with Crippen molar-refractivity contribution in [3.8, 4) is 0 Å². The average molecular weight is 215 g/mol. The van der Waals surface area contributed by atoms with Gasteiger partial charge in [-0.05, 0) is 24.6 Å². The number of hydrogen-bond acceptors (Lipinski definition) is 1. The van der Waals surface area contributed by atoms with Gasteiger partial charge in [0.15, 0.2) is 0 Å². The molecule has 0 aliphatic rings. The molecule has 15 heavy (non-hydrogen) atoms. The van der Waals surface area contributed by atoms with Crippen LogP contribution in [0.15, 0.2) is 30.3 Å². The Labute approximate surface area is 92.2 Å². The van der Waals surface area contributed by atoms with Gasteiger partial charge in [0.1, 0.15) is 8.07 Å². The van der Waals surface area contributed by atoms with Crippen molar-refractivity contribution in [1.82, 2.24) is 4.98 Å². The van der Waals surface area contributed by atoms with Crippen molar-refractivity contribution in [3.63, 3.8) is 0 Å². The first-order chi connectivity index (χ1) is 6.98. The number of hydrogen-bond donors (Lipinski definition) is 0. The molecule has 0 aliphatic heterocycles. The van der Waals surface area contributed by atoms with Crippen LogP contribution in [0.2, 0.25) is 19.6 Å². The molecule has 1 heterocycles. The van der Waals surface area contributed by atoms with Crippen molar-refractivity contribution in [2.24, 2.45) is 0 Å². The lowest BCUT2D eigenvalue weighted by Crippen LogP contribution is -2.41. The molecule has 0 aliphatic carbocycles. The van der Waals surface area contributed by atoms with Gasteiger partial charge in [-0.3, -0.25) is 4.98 Å². The molecule has 78 valence electrons. The van der Waals surface area contributed by atoms with Crippen LogP contribution in [0, 0.1) is 6.92 Å². The molecule has 1 aromatic carbocycles. The number of aryl methyl sites for hydroxylation is 1. The lowest BCUT2D eigenvalue weighted by atomic mass is 10.2. The van der Waals surface area contributed by atoms with Gasteiger partial charge in [0.25, 0.3) is 0 Å². The summed E-state index contributed by atoms with van der Waals surface area (Å²) in [5.41, 5.74) is 2.47. The van der Waals surface area contributed by atoms with E-state index >= 15 is 0 Å². The Morgan fingerprint density at radius 1 is 1.07 bits per heavy atom. The molecule has 0 fully saturated rings. The average Bonchev–Trinajstić information content (AvgIpc) is 2.15. The van der Waals surface area contributed by atoms with Gasteiger partial charge in [-0.2, -0.15) is 0 Å². The van der Waals surface area contributed by atoms with Crippen LogP contribution in [0.5, 0.6) is 0 Å². The largest absolute Gasteiger partial charge is 0.257 e. The maximum absolute atomic E-state index is 4.81.